The highest BCUT2D eigenvalue weighted by Crippen LogP contribution is 2.22. The Balaban J connectivity index is 1.18. The monoisotopic (exact) mass is 406 g/mol. The highest BCUT2D eigenvalue weighted by Gasteiger charge is 2.34. The summed E-state index contributed by atoms with van der Waals surface area (Å²) in [7, 11) is 0. The van der Waals surface area contributed by atoms with Crippen molar-refractivity contribution in [3.05, 3.63) is 70.8 Å². The predicted molar refractivity (Wildman–Crippen MR) is 113 cm³/mol. The molecule has 0 radical (unpaired) electrons. The van der Waals surface area contributed by atoms with Gasteiger partial charge in [0.25, 0.3) is 11.8 Å². The van der Waals surface area contributed by atoms with E-state index in [0.29, 0.717) is 24.1 Å². The quantitative estimate of drug-likeness (QED) is 0.654. The maximum absolute atomic E-state index is 12.3. The molecule has 0 atom stereocenters. The fourth-order valence-corrected chi connectivity index (χ4v) is 4.24. The van der Waals surface area contributed by atoms with Gasteiger partial charge in [-0.15, -0.1) is 0 Å². The Hall–Kier alpha value is -2.99. The standard InChI is InChI=1S/C24H27N3O3/c28-22(8-5-15-27-23(29)20-6-1-2-7-21(20)24(27)30)25-16-18-9-11-19(12-10-18)17-26-13-3-4-14-26/h1-2,6-7,9-12H,3-5,8,13-17H2,(H,25,28)/p+1. The SMILES string of the molecule is O=C(CCCN1C(=O)c2ccccc2C1=O)NCc1ccc(C[NH+]2CCCC2)cc1. The van der Waals surface area contributed by atoms with Crippen LogP contribution in [0, 0.1) is 0 Å². The summed E-state index contributed by atoms with van der Waals surface area (Å²) in [5.74, 6) is -0.615. The Morgan fingerprint density at radius 3 is 2.13 bits per heavy atom. The zero-order valence-corrected chi connectivity index (χ0v) is 17.2. The van der Waals surface area contributed by atoms with Gasteiger partial charge in [-0.05, 0) is 24.1 Å². The molecule has 1 fully saturated rings. The summed E-state index contributed by atoms with van der Waals surface area (Å²) in [6, 6.07) is 15.3. The van der Waals surface area contributed by atoms with Crippen LogP contribution in [0.5, 0.6) is 0 Å². The first-order valence-corrected chi connectivity index (χ1v) is 10.7. The zero-order chi connectivity index (χ0) is 20.9. The minimum atomic E-state index is -0.271. The molecule has 2 heterocycles. The maximum Gasteiger partial charge on any atom is 0.261 e. The number of rotatable bonds is 8. The summed E-state index contributed by atoms with van der Waals surface area (Å²) in [6.07, 6.45) is 3.39. The number of nitrogens with zero attached hydrogens (tertiary/aromatic N) is 1. The summed E-state index contributed by atoms with van der Waals surface area (Å²) in [4.78, 5) is 39.7. The lowest BCUT2D eigenvalue weighted by molar-refractivity contribution is -0.901. The molecule has 0 spiro atoms. The molecule has 2 N–H and O–H groups in total. The van der Waals surface area contributed by atoms with Gasteiger partial charge in [0.1, 0.15) is 6.54 Å². The highest BCUT2D eigenvalue weighted by atomic mass is 16.2. The fourth-order valence-electron chi connectivity index (χ4n) is 4.24. The van der Waals surface area contributed by atoms with E-state index in [1.165, 1.54) is 36.4 Å². The first-order chi connectivity index (χ1) is 14.6. The van der Waals surface area contributed by atoms with Crippen LogP contribution in [0.15, 0.2) is 48.5 Å². The van der Waals surface area contributed by atoms with Gasteiger partial charge in [0.05, 0.1) is 24.2 Å². The Labute approximate surface area is 176 Å². The van der Waals surface area contributed by atoms with E-state index in [9.17, 15) is 14.4 Å². The number of hydrogen-bond acceptors (Lipinski definition) is 3. The van der Waals surface area contributed by atoms with E-state index in [0.717, 1.165) is 12.1 Å². The number of imide groups is 1. The molecule has 0 saturated carbocycles. The lowest BCUT2D eigenvalue weighted by Gasteiger charge is -2.14. The molecule has 30 heavy (non-hydrogen) atoms. The van der Waals surface area contributed by atoms with E-state index in [2.05, 4.69) is 29.6 Å². The van der Waals surface area contributed by atoms with E-state index in [1.54, 1.807) is 29.2 Å². The average molecular weight is 407 g/mol. The largest absolute Gasteiger partial charge is 0.352 e. The lowest BCUT2D eigenvalue weighted by Crippen LogP contribution is -3.08. The number of likely N-dealkylation sites (tertiary alicyclic amines) is 1. The van der Waals surface area contributed by atoms with E-state index < -0.39 is 0 Å². The molecule has 4 rings (SSSR count). The van der Waals surface area contributed by atoms with E-state index >= 15 is 0 Å². The van der Waals surface area contributed by atoms with Crippen LogP contribution in [0.2, 0.25) is 0 Å². The summed E-state index contributed by atoms with van der Waals surface area (Å²) in [5.41, 5.74) is 3.30. The maximum atomic E-state index is 12.3. The Morgan fingerprint density at radius 2 is 1.50 bits per heavy atom. The van der Waals surface area contributed by atoms with Gasteiger partial charge in [-0.1, -0.05) is 36.4 Å². The molecule has 0 aliphatic carbocycles. The minimum Gasteiger partial charge on any atom is -0.352 e. The molecule has 0 bridgehead atoms. The van der Waals surface area contributed by atoms with Gasteiger partial charge in [0.2, 0.25) is 5.91 Å². The molecule has 0 aromatic heterocycles. The van der Waals surface area contributed by atoms with Crippen LogP contribution < -0.4 is 10.2 Å². The number of fused-ring (bicyclic) bond motifs is 1. The van der Waals surface area contributed by atoms with Crippen molar-refractivity contribution in [1.29, 1.82) is 0 Å². The van der Waals surface area contributed by atoms with Crippen LogP contribution in [-0.4, -0.2) is 42.3 Å². The van der Waals surface area contributed by atoms with Crippen molar-refractivity contribution in [3.8, 4) is 0 Å². The van der Waals surface area contributed by atoms with Gasteiger partial charge in [0, 0.05) is 37.9 Å². The van der Waals surface area contributed by atoms with Crippen LogP contribution >= 0.6 is 0 Å². The molecule has 0 unspecified atom stereocenters. The van der Waals surface area contributed by atoms with E-state index in [-0.39, 0.29) is 30.7 Å². The topological polar surface area (TPSA) is 70.9 Å². The number of nitrogens with one attached hydrogen (secondary N) is 2. The number of amides is 3. The molecule has 2 aliphatic heterocycles. The van der Waals surface area contributed by atoms with Crippen molar-refractivity contribution in [2.24, 2.45) is 0 Å². The average Bonchev–Trinajstić information content (AvgIpc) is 3.36. The molecule has 156 valence electrons. The van der Waals surface area contributed by atoms with Crippen molar-refractivity contribution in [2.75, 3.05) is 19.6 Å². The van der Waals surface area contributed by atoms with Crippen molar-refractivity contribution < 1.29 is 19.3 Å². The van der Waals surface area contributed by atoms with Gasteiger partial charge in [-0.3, -0.25) is 19.3 Å². The molecule has 6 heteroatoms. The smallest absolute Gasteiger partial charge is 0.261 e. The summed E-state index contributed by atoms with van der Waals surface area (Å²) >= 11 is 0. The predicted octanol–water partition coefficient (Wildman–Crippen LogP) is 1.56. The molecular weight excluding hydrogens is 378 g/mol. The summed E-state index contributed by atoms with van der Waals surface area (Å²) in [5, 5.41) is 2.92. The van der Waals surface area contributed by atoms with Crippen LogP contribution in [0.25, 0.3) is 0 Å². The van der Waals surface area contributed by atoms with Crippen LogP contribution in [0.4, 0.5) is 0 Å². The number of carbonyl (C=O) groups is 3. The Bertz CT molecular complexity index is 898. The van der Waals surface area contributed by atoms with Crippen molar-refractivity contribution in [3.63, 3.8) is 0 Å². The molecule has 2 aliphatic rings. The zero-order valence-electron chi connectivity index (χ0n) is 17.2. The third-order valence-corrected chi connectivity index (χ3v) is 5.94. The Kier molecular flexibility index (Phi) is 6.23. The second-order valence-corrected chi connectivity index (χ2v) is 8.14. The first-order valence-electron chi connectivity index (χ1n) is 10.7. The normalized spacial score (nSPS) is 16.2. The first kappa shape index (κ1) is 20.3. The van der Waals surface area contributed by atoms with Crippen molar-refractivity contribution in [1.82, 2.24) is 10.2 Å². The summed E-state index contributed by atoms with van der Waals surface area (Å²) < 4.78 is 0. The van der Waals surface area contributed by atoms with Crippen LogP contribution in [0.3, 0.4) is 0 Å². The lowest BCUT2D eigenvalue weighted by atomic mass is 10.1. The van der Waals surface area contributed by atoms with Gasteiger partial charge in [-0.2, -0.15) is 0 Å². The van der Waals surface area contributed by atoms with Gasteiger partial charge < -0.3 is 10.2 Å². The second-order valence-electron chi connectivity index (χ2n) is 8.14. The van der Waals surface area contributed by atoms with Gasteiger partial charge in [-0.25, -0.2) is 0 Å². The third kappa shape index (κ3) is 4.60. The second kappa shape index (κ2) is 9.22. The van der Waals surface area contributed by atoms with Crippen LogP contribution in [0.1, 0.15) is 57.5 Å². The van der Waals surface area contributed by atoms with Crippen LogP contribution in [-0.2, 0) is 17.9 Å². The third-order valence-electron chi connectivity index (χ3n) is 5.94. The number of quaternary nitrogens is 1. The molecule has 1 saturated heterocycles. The summed E-state index contributed by atoms with van der Waals surface area (Å²) in [6.45, 7) is 4.34. The molecule has 2 aromatic rings. The molecule has 2 aromatic carbocycles. The van der Waals surface area contributed by atoms with E-state index in [1.807, 2.05) is 0 Å². The number of carbonyl (C=O) groups excluding carboxylic acids is 3. The van der Waals surface area contributed by atoms with Crippen molar-refractivity contribution >= 4 is 17.7 Å². The number of hydrogen-bond donors (Lipinski definition) is 2. The molecule has 3 amide bonds. The highest BCUT2D eigenvalue weighted by molar-refractivity contribution is 6.21. The van der Waals surface area contributed by atoms with Gasteiger partial charge >= 0.3 is 0 Å². The van der Waals surface area contributed by atoms with E-state index in [4.69, 9.17) is 0 Å². The number of benzene rings is 2. The minimum absolute atomic E-state index is 0.0720. The molecule has 6 nitrogen and oxygen atoms in total. The Morgan fingerprint density at radius 1 is 0.900 bits per heavy atom. The van der Waals surface area contributed by atoms with Crippen molar-refractivity contribution in [2.45, 2.75) is 38.8 Å². The fraction of sp³-hybridized carbons (Fsp3) is 0.375. The molecular formula is C24H28N3O3+. The van der Waals surface area contributed by atoms with Gasteiger partial charge in [0.15, 0.2) is 0 Å².